The number of hydrogen-bond donors (Lipinski definition) is 4. The highest BCUT2D eigenvalue weighted by Gasteiger charge is 2.60. The van der Waals surface area contributed by atoms with Crippen LogP contribution < -0.4 is 22.8 Å². The second-order valence-corrected chi connectivity index (χ2v) is 25.1. The van der Waals surface area contributed by atoms with E-state index in [1.807, 2.05) is 0 Å². The first kappa shape index (κ1) is 38.0. The SMILES string of the molecule is CC(C)[Si]1(C(C)C)OC[C@H]2S[C@@H](n3cnc(N)nc3=O)C[C@@H]2O[Si](C(C)C)(C(C)C)O1.Nc1ncn([C@H]2C[C@H](O)[C@@H](CO)S2)c(=O)n1. The van der Waals surface area contributed by atoms with Gasteiger partial charge in [0.05, 0.1) is 46.7 Å². The first-order valence-corrected chi connectivity index (χ1v) is 21.9. The molecule has 0 spiro atoms. The average Bonchev–Trinajstić information content (AvgIpc) is 3.54. The summed E-state index contributed by atoms with van der Waals surface area (Å²) in [5.41, 5.74) is 11.2. The van der Waals surface area contributed by atoms with Crippen molar-refractivity contribution in [3.05, 3.63) is 33.6 Å². The van der Waals surface area contributed by atoms with Crippen LogP contribution in [0, 0.1) is 0 Å². The van der Waals surface area contributed by atoms with Crippen LogP contribution in [0.3, 0.4) is 0 Å². The first-order chi connectivity index (χ1) is 22.0. The van der Waals surface area contributed by atoms with E-state index in [1.54, 1.807) is 16.3 Å². The van der Waals surface area contributed by atoms with Crippen molar-refractivity contribution in [2.75, 3.05) is 24.7 Å². The molecule has 264 valence electrons. The molecule has 2 aromatic heterocycles. The molecule has 6 atom stereocenters. The van der Waals surface area contributed by atoms with E-state index < -0.39 is 28.9 Å². The van der Waals surface area contributed by atoms with Crippen molar-refractivity contribution in [3.8, 4) is 0 Å². The molecule has 0 radical (unpaired) electrons. The maximum Gasteiger partial charge on any atom is 0.353 e. The minimum atomic E-state index is -2.64. The third kappa shape index (κ3) is 7.98. The number of hydrogen-bond acceptors (Lipinski definition) is 15. The summed E-state index contributed by atoms with van der Waals surface area (Å²) in [5.74, 6) is -0.0672. The van der Waals surface area contributed by atoms with Gasteiger partial charge in [-0.2, -0.15) is 9.97 Å². The molecular formula is C28H50N8O7S2Si2. The van der Waals surface area contributed by atoms with Crippen LogP contribution in [-0.2, 0) is 13.0 Å². The summed E-state index contributed by atoms with van der Waals surface area (Å²) < 4.78 is 24.0. The Labute approximate surface area is 286 Å². The van der Waals surface area contributed by atoms with Crippen LogP contribution in [0.2, 0.25) is 22.2 Å². The Morgan fingerprint density at radius 2 is 1.34 bits per heavy atom. The number of aromatic nitrogens is 6. The smallest absolute Gasteiger partial charge is 0.353 e. The van der Waals surface area contributed by atoms with E-state index in [1.165, 1.54) is 29.0 Å². The lowest BCUT2D eigenvalue weighted by Gasteiger charge is -2.51. The summed E-state index contributed by atoms with van der Waals surface area (Å²) in [7, 11) is -5.18. The molecule has 47 heavy (non-hydrogen) atoms. The van der Waals surface area contributed by atoms with Gasteiger partial charge in [-0.3, -0.25) is 9.13 Å². The molecule has 0 bridgehead atoms. The number of nitrogens with zero attached hydrogens (tertiary/aromatic N) is 6. The molecule has 2 aromatic rings. The van der Waals surface area contributed by atoms with Crippen LogP contribution in [-0.4, -0.2) is 92.3 Å². The number of aliphatic hydroxyl groups is 2. The summed E-state index contributed by atoms with van der Waals surface area (Å²) in [4.78, 5) is 39.0. The van der Waals surface area contributed by atoms with Crippen LogP contribution in [0.15, 0.2) is 22.2 Å². The van der Waals surface area contributed by atoms with Gasteiger partial charge in [0.1, 0.15) is 12.7 Å². The number of anilines is 2. The van der Waals surface area contributed by atoms with E-state index in [4.69, 9.17) is 29.5 Å². The monoisotopic (exact) mass is 730 g/mol. The van der Waals surface area contributed by atoms with Crippen LogP contribution in [0.4, 0.5) is 11.9 Å². The second-order valence-electron chi connectivity index (χ2n) is 13.4. The van der Waals surface area contributed by atoms with Gasteiger partial charge in [0.15, 0.2) is 0 Å². The zero-order chi connectivity index (χ0) is 34.8. The summed E-state index contributed by atoms with van der Waals surface area (Å²) in [6, 6.07) is 0. The molecule has 5 heterocycles. The van der Waals surface area contributed by atoms with Crippen LogP contribution in [0.1, 0.15) is 79.0 Å². The molecule has 0 unspecified atom stereocenters. The van der Waals surface area contributed by atoms with Gasteiger partial charge >= 0.3 is 28.5 Å². The number of fused-ring (bicyclic) bond motifs is 1. The highest BCUT2D eigenvalue weighted by Crippen LogP contribution is 2.51. The van der Waals surface area contributed by atoms with Gasteiger partial charge < -0.3 is 34.6 Å². The Morgan fingerprint density at radius 3 is 1.77 bits per heavy atom. The molecule has 3 saturated heterocycles. The second kappa shape index (κ2) is 15.4. The van der Waals surface area contributed by atoms with E-state index >= 15 is 0 Å². The van der Waals surface area contributed by atoms with Gasteiger partial charge in [0.2, 0.25) is 11.9 Å². The van der Waals surface area contributed by atoms with E-state index in [2.05, 4.69) is 75.3 Å². The molecule has 0 aromatic carbocycles. The van der Waals surface area contributed by atoms with Crippen LogP contribution >= 0.6 is 23.5 Å². The number of aliphatic hydroxyl groups excluding tert-OH is 2. The van der Waals surface area contributed by atoms with Crippen LogP contribution in [0.5, 0.6) is 0 Å². The van der Waals surface area contributed by atoms with Crippen molar-refractivity contribution in [2.24, 2.45) is 0 Å². The van der Waals surface area contributed by atoms with Gasteiger partial charge in [-0.1, -0.05) is 55.4 Å². The highest BCUT2D eigenvalue weighted by molar-refractivity contribution is 8.00. The Kier molecular flexibility index (Phi) is 12.4. The van der Waals surface area contributed by atoms with Crippen molar-refractivity contribution in [1.29, 1.82) is 0 Å². The fraction of sp³-hybridized carbons (Fsp3) is 0.786. The summed E-state index contributed by atoms with van der Waals surface area (Å²) in [6.07, 6.45) is 3.24. The quantitative estimate of drug-likeness (QED) is 0.301. The van der Waals surface area contributed by atoms with Crippen molar-refractivity contribution < 1.29 is 23.2 Å². The van der Waals surface area contributed by atoms with Crippen molar-refractivity contribution >= 4 is 52.5 Å². The predicted octanol–water partition coefficient (Wildman–Crippen LogP) is 2.76. The molecule has 19 heteroatoms. The zero-order valence-corrected chi connectivity index (χ0v) is 32.0. The summed E-state index contributed by atoms with van der Waals surface area (Å²) in [6.45, 7) is 18.2. The molecule has 5 rings (SSSR count). The maximum atomic E-state index is 12.4. The maximum absolute atomic E-state index is 12.4. The van der Waals surface area contributed by atoms with Gasteiger partial charge in [-0.15, -0.1) is 23.5 Å². The number of nitrogen functional groups attached to an aromatic ring is 2. The van der Waals surface area contributed by atoms with Crippen LogP contribution in [0.25, 0.3) is 0 Å². The third-order valence-corrected chi connectivity index (χ3v) is 22.4. The van der Waals surface area contributed by atoms with E-state index in [-0.39, 0.29) is 62.6 Å². The molecule has 0 saturated carbocycles. The molecule has 3 aliphatic heterocycles. The highest BCUT2D eigenvalue weighted by atomic mass is 32.2. The zero-order valence-electron chi connectivity index (χ0n) is 28.3. The predicted molar refractivity (Wildman–Crippen MR) is 188 cm³/mol. The largest absolute Gasteiger partial charge is 0.414 e. The molecule has 6 N–H and O–H groups in total. The van der Waals surface area contributed by atoms with E-state index in [0.29, 0.717) is 30.5 Å². The van der Waals surface area contributed by atoms with E-state index in [9.17, 15) is 14.7 Å². The van der Waals surface area contributed by atoms with Gasteiger partial charge in [-0.05, 0) is 22.2 Å². The fourth-order valence-corrected chi connectivity index (χ4v) is 20.8. The van der Waals surface area contributed by atoms with E-state index in [0.717, 1.165) is 0 Å². The molecule has 3 aliphatic rings. The first-order valence-electron chi connectivity index (χ1n) is 16.1. The lowest BCUT2D eigenvalue weighted by Crippen LogP contribution is -2.64. The van der Waals surface area contributed by atoms with Gasteiger partial charge in [0.25, 0.3) is 0 Å². The Hall–Kier alpha value is -1.85. The van der Waals surface area contributed by atoms with Crippen molar-refractivity contribution in [2.45, 2.75) is 124 Å². The summed E-state index contributed by atoms with van der Waals surface area (Å²) in [5, 5.41) is 18.1. The minimum Gasteiger partial charge on any atom is -0.414 e. The Balaban J connectivity index is 0.000000261. The summed E-state index contributed by atoms with van der Waals surface area (Å²) >= 11 is 3.05. The molecular weight excluding hydrogens is 681 g/mol. The Morgan fingerprint density at radius 1 is 0.851 bits per heavy atom. The molecule has 3 fully saturated rings. The number of rotatable bonds is 7. The lowest BCUT2D eigenvalue weighted by molar-refractivity contribution is 0.0706. The average molecular weight is 731 g/mol. The minimum absolute atomic E-state index is 0.000984. The van der Waals surface area contributed by atoms with Gasteiger partial charge in [0, 0.05) is 12.8 Å². The standard InChI is InChI=1S/C20H38N4O4SSi2.C8H12N4O3S/c1-12(2)30(13(3)4)26-10-17-16(27-31(28-30,14(5)6)15(7)8)9-18(29-17)24-11-22-19(21)23-20(24)25;9-7-10-3-12(8(15)11-7)6-1-4(14)5(2-13)16-6/h11-18H,9-10H2,1-8H3,(H2,21,23,25);3-6,13-14H,1-2H2,(H2,9,11,15)/t16-,17+,18+;4-,5+,6+/m00/s1. The number of nitrogens with two attached hydrogens (primary N) is 2. The lowest BCUT2D eigenvalue weighted by atomic mass is 10.2. The Bertz CT molecular complexity index is 1470. The topological polar surface area (TPSA) is 216 Å². The van der Waals surface area contributed by atoms with Crippen molar-refractivity contribution in [3.63, 3.8) is 0 Å². The normalized spacial score (nSPS) is 28.6. The fourth-order valence-electron chi connectivity index (χ4n) is 6.46. The van der Waals surface area contributed by atoms with Crippen molar-refractivity contribution in [1.82, 2.24) is 29.1 Å². The molecule has 15 nitrogen and oxygen atoms in total. The molecule has 0 aliphatic carbocycles. The van der Waals surface area contributed by atoms with Gasteiger partial charge in [-0.25, -0.2) is 19.6 Å². The molecule has 0 amide bonds. The third-order valence-electron chi connectivity index (χ3n) is 9.02. The number of thioether (sulfide) groups is 2.